The average molecular weight is 220 g/mol. The summed E-state index contributed by atoms with van der Waals surface area (Å²) in [6, 6.07) is 7.77. The zero-order valence-electron chi connectivity index (χ0n) is 9.44. The van der Waals surface area contributed by atoms with E-state index < -0.39 is 0 Å². The van der Waals surface area contributed by atoms with Crippen molar-refractivity contribution in [3.8, 4) is 5.75 Å². The molecule has 0 radical (unpaired) electrons. The summed E-state index contributed by atoms with van der Waals surface area (Å²) in [4.78, 5) is 10.5. The highest BCUT2D eigenvalue weighted by molar-refractivity contribution is 5.65. The Morgan fingerprint density at radius 2 is 2.00 bits per heavy atom. The van der Waals surface area contributed by atoms with E-state index in [1.807, 2.05) is 30.3 Å². The molecule has 16 heavy (non-hydrogen) atoms. The molecule has 0 fully saturated rings. The maximum absolute atomic E-state index is 10.5. The maximum Gasteiger partial charge on any atom is 0.302 e. The minimum absolute atomic E-state index is 0.281. The molecule has 0 bridgehead atoms. The molecule has 0 amide bonds. The van der Waals surface area contributed by atoms with E-state index in [2.05, 4.69) is 6.58 Å². The Labute approximate surface area is 95.7 Å². The number of hydrogen-bond acceptors (Lipinski definition) is 3. The minimum Gasteiger partial charge on any atom is -0.490 e. The highest BCUT2D eigenvalue weighted by Gasteiger charge is 1.96. The number of hydrogen-bond donors (Lipinski definition) is 0. The molecule has 0 N–H and O–H groups in total. The van der Waals surface area contributed by atoms with Crippen LogP contribution in [0.3, 0.4) is 0 Å². The van der Waals surface area contributed by atoms with Gasteiger partial charge in [0.25, 0.3) is 0 Å². The van der Waals surface area contributed by atoms with Crippen molar-refractivity contribution >= 4 is 5.97 Å². The lowest BCUT2D eigenvalue weighted by atomic mass is 10.1. The van der Waals surface area contributed by atoms with E-state index in [0.29, 0.717) is 6.61 Å². The van der Waals surface area contributed by atoms with Crippen LogP contribution in [-0.2, 0) is 16.0 Å². The SMILES string of the molecule is C=CCc1ccc(OCCOC(C)=O)cc1. The van der Waals surface area contributed by atoms with Crippen LogP contribution in [0, 0.1) is 0 Å². The number of esters is 1. The van der Waals surface area contributed by atoms with Gasteiger partial charge in [0, 0.05) is 6.92 Å². The number of carbonyl (C=O) groups is 1. The van der Waals surface area contributed by atoms with E-state index in [4.69, 9.17) is 9.47 Å². The highest BCUT2D eigenvalue weighted by atomic mass is 16.6. The second-order valence-electron chi connectivity index (χ2n) is 3.33. The van der Waals surface area contributed by atoms with Crippen molar-refractivity contribution in [3.63, 3.8) is 0 Å². The van der Waals surface area contributed by atoms with Crippen molar-refractivity contribution in [1.82, 2.24) is 0 Å². The molecule has 0 aliphatic carbocycles. The van der Waals surface area contributed by atoms with Gasteiger partial charge in [0.1, 0.15) is 19.0 Å². The van der Waals surface area contributed by atoms with Crippen LogP contribution < -0.4 is 4.74 Å². The molecule has 0 aliphatic rings. The van der Waals surface area contributed by atoms with E-state index in [1.165, 1.54) is 12.5 Å². The van der Waals surface area contributed by atoms with Crippen molar-refractivity contribution in [2.75, 3.05) is 13.2 Å². The Morgan fingerprint density at radius 1 is 1.31 bits per heavy atom. The molecule has 0 aliphatic heterocycles. The Kier molecular flexibility index (Phi) is 5.12. The van der Waals surface area contributed by atoms with Gasteiger partial charge in [0.05, 0.1) is 0 Å². The zero-order valence-corrected chi connectivity index (χ0v) is 9.44. The molecule has 0 heterocycles. The second kappa shape index (κ2) is 6.67. The molecule has 0 saturated heterocycles. The highest BCUT2D eigenvalue weighted by Crippen LogP contribution is 2.12. The zero-order chi connectivity index (χ0) is 11.8. The molecule has 3 nitrogen and oxygen atoms in total. The number of allylic oxidation sites excluding steroid dienone is 1. The van der Waals surface area contributed by atoms with Crippen LogP contribution in [0.5, 0.6) is 5.75 Å². The summed E-state index contributed by atoms with van der Waals surface area (Å²) in [5.41, 5.74) is 1.20. The molecule has 0 aromatic heterocycles. The summed E-state index contributed by atoms with van der Waals surface area (Å²) < 4.78 is 10.1. The summed E-state index contributed by atoms with van der Waals surface area (Å²) in [6.45, 7) is 5.71. The van der Waals surface area contributed by atoms with Crippen LogP contribution in [0.25, 0.3) is 0 Å². The van der Waals surface area contributed by atoms with Crippen LogP contribution in [0.15, 0.2) is 36.9 Å². The van der Waals surface area contributed by atoms with Crippen molar-refractivity contribution in [2.24, 2.45) is 0 Å². The minimum atomic E-state index is -0.287. The summed E-state index contributed by atoms with van der Waals surface area (Å²) in [6.07, 6.45) is 2.71. The Morgan fingerprint density at radius 3 is 2.56 bits per heavy atom. The summed E-state index contributed by atoms with van der Waals surface area (Å²) in [7, 11) is 0. The summed E-state index contributed by atoms with van der Waals surface area (Å²) >= 11 is 0. The third-order valence-electron chi connectivity index (χ3n) is 1.96. The van der Waals surface area contributed by atoms with E-state index >= 15 is 0 Å². The summed E-state index contributed by atoms with van der Waals surface area (Å²) in [5, 5.41) is 0. The first-order chi connectivity index (χ1) is 7.72. The fraction of sp³-hybridized carbons (Fsp3) is 0.308. The first-order valence-corrected chi connectivity index (χ1v) is 5.18. The fourth-order valence-electron chi connectivity index (χ4n) is 1.23. The van der Waals surface area contributed by atoms with Crippen LogP contribution >= 0.6 is 0 Å². The van der Waals surface area contributed by atoms with Crippen molar-refractivity contribution in [2.45, 2.75) is 13.3 Å². The third kappa shape index (κ3) is 4.64. The van der Waals surface area contributed by atoms with E-state index in [-0.39, 0.29) is 12.6 Å². The van der Waals surface area contributed by atoms with Crippen LogP contribution in [-0.4, -0.2) is 19.2 Å². The molecule has 1 aromatic rings. The van der Waals surface area contributed by atoms with Gasteiger partial charge in [-0.25, -0.2) is 0 Å². The van der Waals surface area contributed by atoms with Crippen molar-refractivity contribution in [3.05, 3.63) is 42.5 Å². The molecule has 3 heteroatoms. The molecule has 1 rings (SSSR count). The van der Waals surface area contributed by atoms with Gasteiger partial charge in [0.2, 0.25) is 0 Å². The van der Waals surface area contributed by atoms with Gasteiger partial charge >= 0.3 is 5.97 Å². The Balaban J connectivity index is 2.31. The van der Waals surface area contributed by atoms with Gasteiger partial charge < -0.3 is 9.47 Å². The first-order valence-electron chi connectivity index (χ1n) is 5.18. The van der Waals surface area contributed by atoms with E-state index in [9.17, 15) is 4.79 Å². The summed E-state index contributed by atoms with van der Waals surface area (Å²) in [5.74, 6) is 0.491. The molecule has 86 valence electrons. The maximum atomic E-state index is 10.5. The molecular formula is C13H16O3. The van der Waals surface area contributed by atoms with E-state index in [1.54, 1.807) is 0 Å². The largest absolute Gasteiger partial charge is 0.490 e. The number of ether oxygens (including phenoxy) is 2. The average Bonchev–Trinajstić information content (AvgIpc) is 2.27. The first kappa shape index (κ1) is 12.3. The van der Waals surface area contributed by atoms with Crippen LogP contribution in [0.4, 0.5) is 0 Å². The molecular weight excluding hydrogens is 204 g/mol. The van der Waals surface area contributed by atoms with Gasteiger partial charge in [-0.1, -0.05) is 18.2 Å². The molecule has 1 aromatic carbocycles. The van der Waals surface area contributed by atoms with Gasteiger partial charge in [-0.3, -0.25) is 4.79 Å². The fourth-order valence-corrected chi connectivity index (χ4v) is 1.23. The van der Waals surface area contributed by atoms with Crippen LogP contribution in [0.2, 0.25) is 0 Å². The van der Waals surface area contributed by atoms with Gasteiger partial charge in [-0.15, -0.1) is 6.58 Å². The lowest BCUT2D eigenvalue weighted by molar-refractivity contribution is -0.141. The predicted octanol–water partition coefficient (Wildman–Crippen LogP) is 2.36. The van der Waals surface area contributed by atoms with Gasteiger partial charge in [0.15, 0.2) is 0 Å². The predicted molar refractivity (Wildman–Crippen MR) is 62.5 cm³/mol. The third-order valence-corrected chi connectivity index (χ3v) is 1.96. The lowest BCUT2D eigenvalue weighted by Gasteiger charge is -2.06. The Hall–Kier alpha value is -1.77. The smallest absolute Gasteiger partial charge is 0.302 e. The Bertz CT molecular complexity index is 341. The molecule has 0 spiro atoms. The van der Waals surface area contributed by atoms with Gasteiger partial charge in [-0.05, 0) is 24.1 Å². The monoisotopic (exact) mass is 220 g/mol. The van der Waals surface area contributed by atoms with Crippen molar-refractivity contribution in [1.29, 1.82) is 0 Å². The molecule has 0 unspecified atom stereocenters. The second-order valence-corrected chi connectivity index (χ2v) is 3.33. The number of benzene rings is 1. The van der Waals surface area contributed by atoms with Crippen LogP contribution in [0.1, 0.15) is 12.5 Å². The molecule has 0 saturated carbocycles. The normalized spacial score (nSPS) is 9.56. The van der Waals surface area contributed by atoms with Crippen molar-refractivity contribution < 1.29 is 14.3 Å². The van der Waals surface area contributed by atoms with E-state index in [0.717, 1.165) is 12.2 Å². The number of carbonyl (C=O) groups excluding carboxylic acids is 1. The van der Waals surface area contributed by atoms with Gasteiger partial charge in [-0.2, -0.15) is 0 Å². The molecule has 0 atom stereocenters. The quantitative estimate of drug-likeness (QED) is 0.419. The standard InChI is InChI=1S/C13H16O3/c1-3-4-12-5-7-13(8-6-12)16-10-9-15-11(2)14/h3,5-8H,1,4,9-10H2,2H3. The number of rotatable bonds is 6. The lowest BCUT2D eigenvalue weighted by Crippen LogP contribution is -2.09. The topological polar surface area (TPSA) is 35.5 Å².